The Morgan fingerprint density at radius 2 is 1.95 bits per heavy atom. The molecule has 104 valence electrons. The fourth-order valence-corrected chi connectivity index (χ4v) is 1.90. The van der Waals surface area contributed by atoms with Gasteiger partial charge in [0, 0.05) is 10.6 Å². The number of aromatic carboxylic acids is 1. The van der Waals surface area contributed by atoms with Crippen LogP contribution in [0.25, 0.3) is 0 Å². The minimum atomic E-state index is -1.17. The summed E-state index contributed by atoms with van der Waals surface area (Å²) >= 11 is 5.81. The summed E-state index contributed by atoms with van der Waals surface area (Å²) in [4.78, 5) is 23.2. The van der Waals surface area contributed by atoms with Crippen molar-refractivity contribution in [2.45, 2.75) is 0 Å². The number of rotatable bonds is 3. The molecular formula is C15H9ClN2O3. The predicted molar refractivity (Wildman–Crippen MR) is 77.5 cm³/mol. The summed E-state index contributed by atoms with van der Waals surface area (Å²) in [6.45, 7) is 0. The quantitative estimate of drug-likeness (QED) is 0.911. The molecule has 0 saturated carbocycles. The molecule has 0 fully saturated rings. The van der Waals surface area contributed by atoms with Crippen molar-refractivity contribution in [2.24, 2.45) is 0 Å². The van der Waals surface area contributed by atoms with Gasteiger partial charge < -0.3 is 10.4 Å². The Balaban J connectivity index is 2.33. The minimum absolute atomic E-state index is 0.0656. The number of halogens is 1. The van der Waals surface area contributed by atoms with Crippen molar-refractivity contribution >= 4 is 29.2 Å². The van der Waals surface area contributed by atoms with Crippen LogP contribution in [0, 0.1) is 11.3 Å². The molecule has 2 N–H and O–H groups in total. The van der Waals surface area contributed by atoms with E-state index < -0.39 is 11.9 Å². The van der Waals surface area contributed by atoms with Crippen LogP contribution in [0.1, 0.15) is 26.3 Å². The summed E-state index contributed by atoms with van der Waals surface area (Å²) in [6.07, 6.45) is 0. The van der Waals surface area contributed by atoms with Crippen LogP contribution in [0.3, 0.4) is 0 Å². The number of benzene rings is 2. The lowest BCUT2D eigenvalue weighted by Gasteiger charge is -2.09. The molecule has 0 heterocycles. The first-order valence-corrected chi connectivity index (χ1v) is 6.23. The smallest absolute Gasteiger partial charge is 0.337 e. The lowest BCUT2D eigenvalue weighted by Crippen LogP contribution is -2.15. The lowest BCUT2D eigenvalue weighted by atomic mass is 10.1. The number of hydrogen-bond donors (Lipinski definition) is 2. The number of nitrogens with zero attached hydrogens (tertiary/aromatic N) is 1. The molecule has 2 rings (SSSR count). The Morgan fingerprint density at radius 1 is 1.19 bits per heavy atom. The third-order valence-electron chi connectivity index (χ3n) is 2.71. The van der Waals surface area contributed by atoms with Gasteiger partial charge in [-0.25, -0.2) is 4.79 Å². The maximum Gasteiger partial charge on any atom is 0.337 e. The lowest BCUT2D eigenvalue weighted by molar-refractivity contribution is 0.0698. The number of carbonyl (C=O) groups is 2. The first-order chi connectivity index (χ1) is 10.0. The van der Waals surface area contributed by atoms with E-state index in [0.29, 0.717) is 10.6 Å². The Hall–Kier alpha value is -2.84. The minimum Gasteiger partial charge on any atom is -0.478 e. The summed E-state index contributed by atoms with van der Waals surface area (Å²) in [7, 11) is 0. The number of carboxylic acids is 1. The molecule has 0 saturated heterocycles. The number of hydrogen-bond acceptors (Lipinski definition) is 3. The predicted octanol–water partition coefficient (Wildman–Crippen LogP) is 3.16. The fourth-order valence-electron chi connectivity index (χ4n) is 1.73. The molecule has 0 bridgehead atoms. The molecule has 21 heavy (non-hydrogen) atoms. The molecule has 0 aromatic heterocycles. The highest BCUT2D eigenvalue weighted by molar-refractivity contribution is 6.31. The van der Waals surface area contributed by atoms with Gasteiger partial charge in [0.15, 0.2) is 0 Å². The van der Waals surface area contributed by atoms with Gasteiger partial charge in [0.05, 0.1) is 22.9 Å². The molecular weight excluding hydrogens is 292 g/mol. The first kappa shape index (κ1) is 14.6. The zero-order chi connectivity index (χ0) is 15.4. The molecule has 0 aliphatic heterocycles. The first-order valence-electron chi connectivity index (χ1n) is 5.85. The molecule has 0 atom stereocenters. The van der Waals surface area contributed by atoms with E-state index in [9.17, 15) is 9.59 Å². The van der Waals surface area contributed by atoms with Crippen molar-refractivity contribution < 1.29 is 14.7 Å². The third-order valence-corrected chi connectivity index (χ3v) is 2.95. The standard InChI is InChI=1S/C15H9ClN2O3/c16-11-4-5-12(15(20)21)13(7-11)18-14(19)10-3-1-2-9(6-10)8-17/h1-7H,(H,18,19)(H,20,21). The van der Waals surface area contributed by atoms with Gasteiger partial charge in [-0.15, -0.1) is 0 Å². The SMILES string of the molecule is N#Cc1cccc(C(=O)Nc2cc(Cl)ccc2C(=O)O)c1. The van der Waals surface area contributed by atoms with Gasteiger partial charge in [0.25, 0.3) is 5.91 Å². The van der Waals surface area contributed by atoms with Crippen molar-refractivity contribution in [3.63, 3.8) is 0 Å². The van der Waals surface area contributed by atoms with E-state index in [1.54, 1.807) is 12.1 Å². The normalized spacial score (nSPS) is 9.71. The average Bonchev–Trinajstić information content (AvgIpc) is 2.47. The topological polar surface area (TPSA) is 90.2 Å². The average molecular weight is 301 g/mol. The zero-order valence-corrected chi connectivity index (χ0v) is 11.4. The molecule has 2 aromatic rings. The molecule has 2 aromatic carbocycles. The van der Waals surface area contributed by atoms with E-state index in [2.05, 4.69) is 5.32 Å². The third kappa shape index (κ3) is 3.38. The van der Waals surface area contributed by atoms with Crippen molar-refractivity contribution in [1.82, 2.24) is 0 Å². The van der Waals surface area contributed by atoms with E-state index >= 15 is 0 Å². The van der Waals surface area contributed by atoms with Crippen LogP contribution in [-0.4, -0.2) is 17.0 Å². The highest BCUT2D eigenvalue weighted by Gasteiger charge is 2.14. The van der Waals surface area contributed by atoms with E-state index in [0.717, 1.165) is 0 Å². The van der Waals surface area contributed by atoms with E-state index in [4.69, 9.17) is 22.0 Å². The summed E-state index contributed by atoms with van der Waals surface area (Å²) < 4.78 is 0. The van der Waals surface area contributed by atoms with Crippen LogP contribution in [0.5, 0.6) is 0 Å². The summed E-state index contributed by atoms with van der Waals surface area (Å²) in [5.74, 6) is -1.69. The Bertz CT molecular complexity index is 766. The largest absolute Gasteiger partial charge is 0.478 e. The van der Waals surface area contributed by atoms with Crippen LogP contribution in [0.4, 0.5) is 5.69 Å². The molecule has 0 aliphatic carbocycles. The molecule has 0 aliphatic rings. The monoisotopic (exact) mass is 300 g/mol. The number of carboxylic acid groups (broad SMARTS) is 1. The Labute approximate surface area is 125 Å². The number of carbonyl (C=O) groups excluding carboxylic acids is 1. The molecule has 6 heteroatoms. The highest BCUT2D eigenvalue weighted by Crippen LogP contribution is 2.22. The van der Waals surface area contributed by atoms with E-state index in [1.807, 2.05) is 6.07 Å². The molecule has 0 spiro atoms. The second-order valence-electron chi connectivity index (χ2n) is 4.14. The number of amides is 1. The van der Waals surface area contributed by atoms with Crippen LogP contribution in [0.15, 0.2) is 42.5 Å². The van der Waals surface area contributed by atoms with E-state index in [-0.39, 0.29) is 16.8 Å². The molecule has 1 amide bonds. The van der Waals surface area contributed by atoms with Gasteiger partial charge in [0.1, 0.15) is 0 Å². The van der Waals surface area contributed by atoms with Crippen molar-refractivity contribution in [3.05, 3.63) is 64.2 Å². The number of nitriles is 1. The van der Waals surface area contributed by atoms with Crippen LogP contribution in [0.2, 0.25) is 5.02 Å². The van der Waals surface area contributed by atoms with Crippen LogP contribution < -0.4 is 5.32 Å². The zero-order valence-electron chi connectivity index (χ0n) is 10.6. The molecule has 0 radical (unpaired) electrons. The van der Waals surface area contributed by atoms with Gasteiger partial charge in [-0.05, 0) is 36.4 Å². The summed E-state index contributed by atoms with van der Waals surface area (Å²) in [5, 5.41) is 20.7. The van der Waals surface area contributed by atoms with E-state index in [1.165, 1.54) is 30.3 Å². The maximum atomic E-state index is 12.1. The van der Waals surface area contributed by atoms with Crippen LogP contribution in [-0.2, 0) is 0 Å². The Morgan fingerprint density at radius 3 is 2.62 bits per heavy atom. The van der Waals surface area contributed by atoms with Crippen molar-refractivity contribution in [1.29, 1.82) is 5.26 Å². The summed E-state index contributed by atoms with van der Waals surface area (Å²) in [6, 6.07) is 12.1. The van der Waals surface area contributed by atoms with Gasteiger partial charge in [-0.2, -0.15) is 5.26 Å². The van der Waals surface area contributed by atoms with Crippen LogP contribution >= 0.6 is 11.6 Å². The fraction of sp³-hybridized carbons (Fsp3) is 0. The number of nitrogens with one attached hydrogen (secondary N) is 1. The maximum absolute atomic E-state index is 12.1. The second kappa shape index (κ2) is 6.07. The molecule has 0 unspecified atom stereocenters. The van der Waals surface area contributed by atoms with Gasteiger partial charge in [-0.1, -0.05) is 17.7 Å². The Kier molecular flexibility index (Phi) is 4.21. The van der Waals surface area contributed by atoms with Gasteiger partial charge in [0.2, 0.25) is 0 Å². The molecule has 5 nitrogen and oxygen atoms in total. The second-order valence-corrected chi connectivity index (χ2v) is 4.58. The van der Waals surface area contributed by atoms with Crippen molar-refractivity contribution in [3.8, 4) is 6.07 Å². The summed E-state index contributed by atoms with van der Waals surface area (Å²) in [5.41, 5.74) is 0.629. The number of anilines is 1. The van der Waals surface area contributed by atoms with Gasteiger partial charge >= 0.3 is 5.97 Å². The van der Waals surface area contributed by atoms with Crippen molar-refractivity contribution in [2.75, 3.05) is 5.32 Å². The highest BCUT2D eigenvalue weighted by atomic mass is 35.5. The van der Waals surface area contributed by atoms with Gasteiger partial charge in [-0.3, -0.25) is 4.79 Å².